The lowest BCUT2D eigenvalue weighted by molar-refractivity contribution is 0.0365. The number of rotatable bonds is 17. The molecule has 4 aromatic carbocycles. The maximum absolute atomic E-state index is 14.0. The van der Waals surface area contributed by atoms with E-state index in [9.17, 15) is 13.4 Å². The molecule has 2 saturated heterocycles. The van der Waals surface area contributed by atoms with Crippen molar-refractivity contribution in [3.8, 4) is 34.7 Å². The van der Waals surface area contributed by atoms with Crippen molar-refractivity contribution in [3.05, 3.63) is 143 Å². The van der Waals surface area contributed by atoms with Crippen LogP contribution in [0, 0.1) is 25.1 Å². The number of morpholine rings is 1. The molecule has 1 amide bonds. The number of hydrogen-bond donors (Lipinski definition) is 3. The molecule has 0 bridgehead atoms. The quantitative estimate of drug-likeness (QED) is 0.0487. The Labute approximate surface area is 384 Å². The molecular weight excluding hydrogens is 842 g/mol. The van der Waals surface area contributed by atoms with E-state index in [0.717, 1.165) is 116 Å². The number of allylic oxidation sites excluding steroid dienone is 4. The molecule has 0 aliphatic carbocycles. The van der Waals surface area contributed by atoms with Crippen LogP contribution >= 0.6 is 11.8 Å². The zero-order valence-electron chi connectivity index (χ0n) is 37.1. The first-order valence-electron chi connectivity index (χ1n) is 21.8. The van der Waals surface area contributed by atoms with E-state index in [0.29, 0.717) is 16.2 Å². The summed E-state index contributed by atoms with van der Waals surface area (Å²) in [4.78, 5) is 22.1. The molecule has 3 heterocycles. The normalized spacial score (nSPS) is 15.9. The largest absolute Gasteiger partial charge is 0.385 e. The lowest BCUT2D eigenvalue weighted by atomic mass is 9.96. The summed E-state index contributed by atoms with van der Waals surface area (Å²) in [5.41, 5.74) is 8.69. The van der Waals surface area contributed by atoms with Gasteiger partial charge in [-0.25, -0.2) is 8.60 Å². The van der Waals surface area contributed by atoms with E-state index >= 15 is 0 Å². The molecule has 1 aromatic heterocycles. The van der Waals surface area contributed by atoms with Gasteiger partial charge in [0.25, 0.3) is 5.91 Å². The standard InChI is InChI=1S/C51H58FN7O3S2/c1-6-47(24-15-37(2)54-43(25-26-57-31-33-62-34-32-57)36-63-46-13-8-7-9-14-46)64(61)55-42-20-22-44(23-21-42)58-27-29-59(30-28-58)45-12-10-11-40(35-45)49-48(51(60)53-4)38(3)56(5)50(49)39-16-18-41(52)19-17-39/h1,7-24,35,43,54-55H,25-34,36H2,2-5H3,(H,53,60)/b37-15+,47-24+/t43-,64?/m1/s1. The summed E-state index contributed by atoms with van der Waals surface area (Å²) < 4.78 is 38.0. The van der Waals surface area contributed by atoms with Gasteiger partial charge in [0.15, 0.2) is 11.0 Å². The van der Waals surface area contributed by atoms with Crippen LogP contribution in [-0.2, 0) is 22.8 Å². The predicted molar refractivity (Wildman–Crippen MR) is 264 cm³/mol. The number of carbonyl (C=O) groups is 1. The van der Waals surface area contributed by atoms with Crippen LogP contribution in [0.25, 0.3) is 22.4 Å². The molecule has 7 rings (SSSR count). The zero-order valence-corrected chi connectivity index (χ0v) is 38.7. The van der Waals surface area contributed by atoms with E-state index in [-0.39, 0.29) is 17.8 Å². The third-order valence-electron chi connectivity index (χ3n) is 11.8. The first-order chi connectivity index (χ1) is 31.1. The molecule has 0 spiro atoms. The Balaban J connectivity index is 0.960. The Morgan fingerprint density at radius 2 is 1.58 bits per heavy atom. The molecule has 2 aliphatic rings. The van der Waals surface area contributed by atoms with Gasteiger partial charge in [0.2, 0.25) is 0 Å². The number of hydrogen-bond acceptors (Lipinski definition) is 8. The van der Waals surface area contributed by atoms with Gasteiger partial charge in [-0.1, -0.05) is 36.3 Å². The number of carbonyl (C=O) groups excluding carboxylic acids is 1. The lowest BCUT2D eigenvalue weighted by Crippen LogP contribution is -2.46. The Morgan fingerprint density at radius 1 is 0.891 bits per heavy atom. The average molecular weight is 900 g/mol. The SMILES string of the molecule is C#C/C(=C\C=C(/C)N[C@H](CCN1CCOCC1)CSc1ccccc1)S(=O)Nc1ccc(N2CCN(c3cccc(-c4c(C(=O)NC)c(C)n(C)c4-c4ccc(F)cc4)c3)CC2)cc1. The van der Waals surface area contributed by atoms with Crippen molar-refractivity contribution < 1.29 is 18.1 Å². The highest BCUT2D eigenvalue weighted by molar-refractivity contribution is 7.99. The smallest absolute Gasteiger partial charge is 0.253 e. The number of amides is 1. The number of halogens is 1. The van der Waals surface area contributed by atoms with Gasteiger partial charge in [-0.2, -0.15) is 0 Å². The molecule has 334 valence electrons. The number of ether oxygens (including phenoxy) is 1. The fraction of sp³-hybridized carbons (Fsp3) is 0.314. The molecule has 10 nitrogen and oxygen atoms in total. The van der Waals surface area contributed by atoms with E-state index in [2.05, 4.69) is 72.4 Å². The summed E-state index contributed by atoms with van der Waals surface area (Å²) in [5.74, 6) is 3.06. The van der Waals surface area contributed by atoms with Crippen molar-refractivity contribution in [2.45, 2.75) is 31.2 Å². The minimum atomic E-state index is -1.62. The zero-order chi connectivity index (χ0) is 45.0. The number of nitrogens with one attached hydrogen (secondary N) is 3. The van der Waals surface area contributed by atoms with Crippen LogP contribution in [0.2, 0.25) is 0 Å². The third kappa shape index (κ3) is 11.7. The summed E-state index contributed by atoms with van der Waals surface area (Å²) in [6.45, 7) is 11.6. The van der Waals surface area contributed by atoms with Crippen molar-refractivity contribution in [3.63, 3.8) is 0 Å². The van der Waals surface area contributed by atoms with E-state index in [1.54, 1.807) is 25.3 Å². The molecule has 0 radical (unpaired) electrons. The summed E-state index contributed by atoms with van der Waals surface area (Å²) >= 11 is 1.84. The molecule has 3 N–H and O–H groups in total. The summed E-state index contributed by atoms with van der Waals surface area (Å²) in [6, 6.07) is 33.4. The molecule has 13 heteroatoms. The highest BCUT2D eigenvalue weighted by atomic mass is 32.2. The van der Waals surface area contributed by atoms with Crippen LogP contribution in [0.5, 0.6) is 0 Å². The Bertz CT molecular complexity index is 2490. The van der Waals surface area contributed by atoms with Crippen molar-refractivity contribution in [1.29, 1.82) is 0 Å². The van der Waals surface area contributed by atoms with E-state index < -0.39 is 11.0 Å². The number of thioether (sulfide) groups is 1. The van der Waals surface area contributed by atoms with Gasteiger partial charge in [-0.15, -0.1) is 18.2 Å². The molecule has 2 fully saturated rings. The topological polar surface area (TPSA) is 94.1 Å². The maximum Gasteiger partial charge on any atom is 0.253 e. The van der Waals surface area contributed by atoms with Gasteiger partial charge in [0.1, 0.15) is 10.7 Å². The van der Waals surface area contributed by atoms with Gasteiger partial charge < -0.3 is 34.5 Å². The minimum Gasteiger partial charge on any atom is -0.385 e. The highest BCUT2D eigenvalue weighted by Crippen LogP contribution is 2.40. The second-order valence-corrected chi connectivity index (χ2v) is 18.3. The molecular formula is C51H58FN7O3S2. The summed E-state index contributed by atoms with van der Waals surface area (Å²) in [6.07, 6.45) is 10.5. The number of anilines is 3. The van der Waals surface area contributed by atoms with Gasteiger partial charge >= 0.3 is 0 Å². The molecule has 5 aromatic rings. The van der Waals surface area contributed by atoms with E-state index in [1.165, 1.54) is 17.0 Å². The number of piperazine rings is 1. The fourth-order valence-electron chi connectivity index (χ4n) is 8.22. The third-order valence-corrected chi connectivity index (χ3v) is 14.1. The van der Waals surface area contributed by atoms with Crippen LogP contribution in [0.4, 0.5) is 21.5 Å². The van der Waals surface area contributed by atoms with Crippen molar-refractivity contribution in [2.75, 3.05) is 86.3 Å². The van der Waals surface area contributed by atoms with Crippen LogP contribution in [0.1, 0.15) is 29.4 Å². The lowest BCUT2D eigenvalue weighted by Gasteiger charge is -2.37. The molecule has 0 saturated carbocycles. The highest BCUT2D eigenvalue weighted by Gasteiger charge is 2.26. The van der Waals surface area contributed by atoms with Crippen LogP contribution in [-0.4, -0.2) is 97.5 Å². The van der Waals surface area contributed by atoms with E-state index in [1.807, 2.05) is 85.8 Å². The van der Waals surface area contributed by atoms with Crippen molar-refractivity contribution >= 4 is 45.7 Å². The van der Waals surface area contributed by atoms with Crippen LogP contribution in [0.15, 0.2) is 131 Å². The first kappa shape index (κ1) is 46.2. The molecule has 2 atom stereocenters. The second kappa shape index (κ2) is 22.2. The van der Waals surface area contributed by atoms with Crippen molar-refractivity contribution in [1.82, 2.24) is 20.1 Å². The van der Waals surface area contributed by atoms with Crippen LogP contribution in [0.3, 0.4) is 0 Å². The van der Waals surface area contributed by atoms with Gasteiger partial charge in [0.05, 0.1) is 24.5 Å². The first-order valence-corrected chi connectivity index (χ1v) is 23.9. The number of nitrogens with zero attached hydrogens (tertiary/aromatic N) is 4. The summed E-state index contributed by atoms with van der Waals surface area (Å²) in [7, 11) is 1.96. The Morgan fingerprint density at radius 3 is 2.25 bits per heavy atom. The van der Waals surface area contributed by atoms with Gasteiger partial charge in [-0.05, 0) is 116 Å². The molecule has 2 aliphatic heterocycles. The average Bonchev–Trinajstić information content (AvgIpc) is 3.60. The van der Waals surface area contributed by atoms with E-state index in [4.69, 9.17) is 11.2 Å². The minimum absolute atomic E-state index is 0.166. The van der Waals surface area contributed by atoms with Crippen LogP contribution < -0.4 is 25.2 Å². The summed E-state index contributed by atoms with van der Waals surface area (Å²) in [5, 5.41) is 6.51. The second-order valence-electron chi connectivity index (χ2n) is 16.0. The van der Waals surface area contributed by atoms with Gasteiger partial charge in [-0.3, -0.25) is 9.69 Å². The Hall–Kier alpha value is -5.78. The van der Waals surface area contributed by atoms with Crippen molar-refractivity contribution in [2.24, 2.45) is 7.05 Å². The number of terminal acetylenes is 1. The van der Waals surface area contributed by atoms with Gasteiger partial charge in [0, 0.05) is 111 Å². The Kier molecular flexibility index (Phi) is 16.0. The maximum atomic E-state index is 14.0. The fourth-order valence-corrected chi connectivity index (χ4v) is 9.98. The monoisotopic (exact) mass is 899 g/mol. The molecule has 1 unspecified atom stereocenters. The number of aromatic nitrogens is 1. The molecule has 64 heavy (non-hydrogen) atoms. The predicted octanol–water partition coefficient (Wildman–Crippen LogP) is 8.46. The number of benzene rings is 4.